The molecule has 0 amide bonds. The average Bonchev–Trinajstić information content (AvgIpc) is 3.09. The zero-order valence-electron chi connectivity index (χ0n) is 32.4. The molecule has 0 radical (unpaired) electrons. The van der Waals surface area contributed by atoms with Crippen LogP contribution in [-0.2, 0) is 29.4 Å². The first kappa shape index (κ1) is 44.6. The molecule has 1 atom stereocenters. The van der Waals surface area contributed by atoms with Gasteiger partial charge in [-0.1, -0.05) is 83.4 Å². The first-order chi connectivity index (χ1) is 27.1. The number of hydrogen-bond acceptors (Lipinski definition) is 1. The van der Waals surface area contributed by atoms with Crippen molar-refractivity contribution in [1.29, 1.82) is 0 Å². The van der Waals surface area contributed by atoms with Crippen molar-refractivity contribution in [2.24, 2.45) is 0 Å². The fourth-order valence-corrected chi connectivity index (χ4v) is 15.4. The van der Waals surface area contributed by atoms with Gasteiger partial charge in [0.1, 0.15) is 17.9 Å². The van der Waals surface area contributed by atoms with Crippen molar-refractivity contribution in [3.8, 4) is 0 Å². The van der Waals surface area contributed by atoms with Gasteiger partial charge in [0.2, 0.25) is 0 Å². The van der Waals surface area contributed by atoms with Gasteiger partial charge in [-0.3, -0.25) is 0 Å². The highest BCUT2D eigenvalue weighted by atomic mass is 35.5. The molecule has 0 spiro atoms. The van der Waals surface area contributed by atoms with Gasteiger partial charge in [0.25, 0.3) is 0 Å². The second kappa shape index (κ2) is 15.2. The van der Waals surface area contributed by atoms with Gasteiger partial charge in [-0.05, 0) is 88.1 Å². The molecule has 5 aromatic rings. The van der Waals surface area contributed by atoms with Gasteiger partial charge >= 0.3 is 24.7 Å². The van der Waals surface area contributed by atoms with E-state index in [1.54, 1.807) is 12.1 Å². The quantitative estimate of drug-likeness (QED) is 0.0971. The van der Waals surface area contributed by atoms with Crippen molar-refractivity contribution in [2.45, 2.75) is 78.4 Å². The fourth-order valence-electron chi connectivity index (χ4n) is 9.21. The highest BCUT2D eigenvalue weighted by Gasteiger charge is 2.60. The Morgan fingerprint density at radius 1 is 0.508 bits per heavy atom. The van der Waals surface area contributed by atoms with Crippen LogP contribution in [0, 0.1) is 41.5 Å². The number of aryl methyl sites for hydroxylation is 6. The van der Waals surface area contributed by atoms with E-state index >= 15 is 0 Å². The first-order valence-corrected chi connectivity index (χ1v) is 20.7. The largest absolute Gasteiger partial charge is 0.547 e. The van der Waals surface area contributed by atoms with E-state index in [2.05, 4.69) is 0 Å². The van der Waals surface area contributed by atoms with E-state index in [0.29, 0.717) is 29.8 Å². The maximum atomic E-state index is 14.6. The lowest BCUT2D eigenvalue weighted by Gasteiger charge is -2.55. The summed E-state index contributed by atoms with van der Waals surface area (Å²) in [5.41, 5.74) is -3.76. The number of hydrogen-bond donors (Lipinski definition) is 0. The summed E-state index contributed by atoms with van der Waals surface area (Å²) in [5.74, 6) is -1.35. The van der Waals surface area contributed by atoms with Crippen molar-refractivity contribution in [1.82, 2.24) is 0 Å². The van der Waals surface area contributed by atoms with Crippen molar-refractivity contribution in [3.05, 3.63) is 151 Å². The van der Waals surface area contributed by atoms with Crippen LogP contribution in [0.3, 0.4) is 0 Å². The van der Waals surface area contributed by atoms with E-state index in [4.69, 9.17) is 16.3 Å². The van der Waals surface area contributed by atoms with E-state index in [1.807, 2.05) is 65.8 Å². The maximum absolute atomic E-state index is 14.6. The topological polar surface area (TPSA) is 9.23 Å². The Balaban J connectivity index is 1.84. The second-order valence-corrected chi connectivity index (χ2v) is 19.5. The highest BCUT2D eigenvalue weighted by molar-refractivity contribution is 7.90. The summed E-state index contributed by atoms with van der Waals surface area (Å²) in [7, 11) is -3.27. The van der Waals surface area contributed by atoms with Crippen LogP contribution in [-0.4, -0.2) is 12.5 Å². The molecule has 1 aliphatic heterocycles. The Bertz CT molecular complexity index is 2170. The van der Waals surface area contributed by atoms with Gasteiger partial charge in [-0.2, -0.15) is 63.6 Å². The Morgan fingerprint density at radius 3 is 1.14 bits per heavy atom. The third kappa shape index (κ3) is 8.38. The Kier molecular flexibility index (Phi) is 11.5. The van der Waals surface area contributed by atoms with E-state index in [-0.39, 0.29) is 23.3 Å². The first-order valence-electron chi connectivity index (χ1n) is 18.3. The van der Waals surface area contributed by atoms with E-state index in [1.165, 1.54) is 12.1 Å². The van der Waals surface area contributed by atoms with Crippen LogP contribution < -0.4 is 21.5 Å². The van der Waals surface area contributed by atoms with Crippen LogP contribution >= 0.6 is 18.9 Å². The van der Waals surface area contributed by atoms with Crippen molar-refractivity contribution in [2.75, 3.05) is 6.16 Å². The van der Waals surface area contributed by atoms with Gasteiger partial charge in [0.15, 0.2) is 12.2 Å². The summed E-state index contributed by atoms with van der Waals surface area (Å²) in [6.45, 7) is 11.2. The summed E-state index contributed by atoms with van der Waals surface area (Å²) in [6, 6.07) is 14.8. The van der Waals surface area contributed by atoms with Crippen LogP contribution in [0.1, 0.15) is 67.0 Å². The van der Waals surface area contributed by atoms with E-state index in [9.17, 15) is 52.7 Å². The second-order valence-electron chi connectivity index (χ2n) is 15.5. The minimum Gasteiger partial charge on any atom is -0.547 e. The van der Waals surface area contributed by atoms with Gasteiger partial charge in [-0.15, -0.1) is 6.32 Å². The predicted octanol–water partition coefficient (Wildman–Crippen LogP) is 12.7. The molecule has 5 aromatic carbocycles. The van der Waals surface area contributed by atoms with Crippen LogP contribution in [0.2, 0.25) is 11.3 Å². The molecule has 1 heterocycles. The van der Waals surface area contributed by atoms with Crippen LogP contribution in [0.5, 0.6) is 0 Å². The van der Waals surface area contributed by atoms with Gasteiger partial charge < -0.3 is 4.65 Å². The van der Waals surface area contributed by atoms with Gasteiger partial charge in [-0.25, -0.2) is 0 Å². The molecule has 0 N–H and O–H groups in total. The minimum atomic E-state index is -5.41. The van der Waals surface area contributed by atoms with E-state index in [0.717, 1.165) is 44.0 Å². The van der Waals surface area contributed by atoms with Crippen LogP contribution in [0.15, 0.2) is 84.9 Å². The third-order valence-electron chi connectivity index (χ3n) is 11.2. The molecule has 1 saturated heterocycles. The molecule has 16 heteroatoms. The fraction of sp³-hybridized carbons (Fsp3) is 0.302. The SMILES string of the molecule is Cc1cc(C)c([P+]2(c3c(C)cc(C)cc3C)CC[B-](c3cc(C(F)(F)F)cc(C(F)(F)F)c3)(c3cc(C(F)(F)F)cc(C(F)(F)F)c3)OC2c2ccc(Cl)cc2)c(C)c1. The standard InChI is InChI=1S/C43H37BClF12OP/c1-23-13-25(3)37(26(4)14-23)59(38-27(5)15-24(2)16-28(38)6)12-11-44(58-39(59)29-7-9-36(45)10-8-29,34-19-30(40(46,47)48)17-31(20-34)41(49,50)51)35-21-32(42(52,53)54)18-33(22-35)43(55,56)57/h7-10,13-22,39H,11-12H2,1-6H3. The van der Waals surface area contributed by atoms with Crippen molar-refractivity contribution >= 4 is 46.7 Å². The lowest BCUT2D eigenvalue weighted by Crippen LogP contribution is -2.65. The number of rotatable bonds is 5. The monoisotopic (exact) mass is 874 g/mol. The lowest BCUT2D eigenvalue weighted by atomic mass is 9.29. The molecule has 1 nitrogen and oxygen atoms in total. The molecule has 0 aromatic heterocycles. The molecule has 314 valence electrons. The zero-order valence-corrected chi connectivity index (χ0v) is 34.1. The average molecular weight is 875 g/mol. The number of benzene rings is 5. The molecular formula is C43H37BClF12OP. The Hall–Kier alpha value is -4.00. The molecule has 1 unspecified atom stereocenters. The normalized spacial score (nSPS) is 17.3. The third-order valence-corrected chi connectivity index (χ3v) is 16.6. The molecule has 0 saturated carbocycles. The molecule has 0 aliphatic carbocycles. The summed E-state index contributed by atoms with van der Waals surface area (Å²) in [5, 5.41) is 1.81. The summed E-state index contributed by atoms with van der Waals surface area (Å²) < 4.78 is 182. The summed E-state index contributed by atoms with van der Waals surface area (Å²) in [4.78, 5) is 0. The van der Waals surface area contributed by atoms with E-state index < -0.39 is 83.7 Å². The van der Waals surface area contributed by atoms with Crippen molar-refractivity contribution in [3.63, 3.8) is 0 Å². The molecule has 1 aliphatic rings. The van der Waals surface area contributed by atoms with Crippen molar-refractivity contribution < 1.29 is 57.3 Å². The highest BCUT2D eigenvalue weighted by Crippen LogP contribution is 2.73. The Morgan fingerprint density at radius 2 is 0.831 bits per heavy atom. The summed E-state index contributed by atoms with van der Waals surface area (Å²) in [6.07, 6.45) is -26.1. The zero-order chi connectivity index (χ0) is 43.8. The van der Waals surface area contributed by atoms with Crippen LogP contribution in [0.25, 0.3) is 0 Å². The lowest BCUT2D eigenvalue weighted by molar-refractivity contribution is -0.144. The smallest absolute Gasteiger partial charge is 0.416 e. The Labute approximate surface area is 339 Å². The number of halogens is 13. The predicted molar refractivity (Wildman–Crippen MR) is 210 cm³/mol. The molecule has 0 bridgehead atoms. The molecular weight excluding hydrogens is 838 g/mol. The maximum Gasteiger partial charge on any atom is 0.416 e. The molecule has 1 fully saturated rings. The molecule has 6 rings (SSSR count). The summed E-state index contributed by atoms with van der Waals surface area (Å²) >= 11 is 6.33. The minimum absolute atomic E-state index is 0.106. The van der Waals surface area contributed by atoms with Crippen LogP contribution in [0.4, 0.5) is 52.7 Å². The van der Waals surface area contributed by atoms with Gasteiger partial charge in [0.05, 0.1) is 22.3 Å². The number of alkyl halides is 12. The van der Waals surface area contributed by atoms with Gasteiger partial charge in [0, 0.05) is 16.7 Å². The molecule has 59 heavy (non-hydrogen) atoms.